The Balaban J connectivity index is 4.48. The van der Waals surface area contributed by atoms with Crippen LogP contribution in [0.1, 0.15) is 245 Å². The molecule has 68 heavy (non-hydrogen) atoms. The minimum atomic E-state index is -0.806. The van der Waals surface area contributed by atoms with Crippen molar-refractivity contribution >= 4 is 17.9 Å². The van der Waals surface area contributed by atoms with Gasteiger partial charge in [-0.15, -0.1) is 0 Å². The average Bonchev–Trinajstić information content (AvgIpc) is 3.34. The number of allylic oxidation sites excluding steroid dienone is 18. The first kappa shape index (κ1) is 64.1. The van der Waals surface area contributed by atoms with Gasteiger partial charge in [-0.25, -0.2) is 0 Å². The second kappa shape index (κ2) is 55.7. The van der Waals surface area contributed by atoms with Gasteiger partial charge >= 0.3 is 17.9 Å². The molecule has 0 aromatic rings. The first-order chi connectivity index (χ1) is 33.5. The van der Waals surface area contributed by atoms with Gasteiger partial charge in [0.1, 0.15) is 13.2 Å². The zero-order chi connectivity index (χ0) is 49.3. The number of unbranched alkanes of at least 4 members (excludes halogenated alkanes) is 20. The highest BCUT2D eigenvalue weighted by atomic mass is 16.6. The van der Waals surface area contributed by atoms with Crippen LogP contribution in [0.25, 0.3) is 0 Å². The van der Waals surface area contributed by atoms with Crippen molar-refractivity contribution < 1.29 is 28.6 Å². The van der Waals surface area contributed by atoms with Gasteiger partial charge < -0.3 is 14.2 Å². The third-order valence-electron chi connectivity index (χ3n) is 11.5. The molecule has 0 aliphatic heterocycles. The topological polar surface area (TPSA) is 78.9 Å². The lowest BCUT2D eigenvalue weighted by molar-refractivity contribution is -0.167. The van der Waals surface area contributed by atoms with Gasteiger partial charge in [0.25, 0.3) is 0 Å². The summed E-state index contributed by atoms with van der Waals surface area (Å²) in [6.07, 6.45) is 75.0. The van der Waals surface area contributed by atoms with E-state index < -0.39 is 6.10 Å². The molecule has 0 aromatic carbocycles. The fourth-order valence-corrected chi connectivity index (χ4v) is 7.36. The Morgan fingerprint density at radius 1 is 0.309 bits per heavy atom. The van der Waals surface area contributed by atoms with Gasteiger partial charge in [0, 0.05) is 19.3 Å². The number of carbonyl (C=O) groups excluding carboxylic acids is 3. The predicted octanol–water partition coefficient (Wildman–Crippen LogP) is 18.7. The van der Waals surface area contributed by atoms with Crippen molar-refractivity contribution in [3.8, 4) is 0 Å². The molecule has 0 heterocycles. The number of rotatable bonds is 49. The van der Waals surface area contributed by atoms with Crippen LogP contribution < -0.4 is 0 Å². The van der Waals surface area contributed by atoms with E-state index in [4.69, 9.17) is 14.2 Å². The van der Waals surface area contributed by atoms with Crippen molar-refractivity contribution in [1.82, 2.24) is 0 Å². The van der Waals surface area contributed by atoms with Gasteiger partial charge in [0.05, 0.1) is 0 Å². The molecule has 0 radical (unpaired) electrons. The van der Waals surface area contributed by atoms with Crippen molar-refractivity contribution in [3.05, 3.63) is 109 Å². The maximum absolute atomic E-state index is 12.8. The maximum Gasteiger partial charge on any atom is 0.306 e. The van der Waals surface area contributed by atoms with Crippen LogP contribution in [0.3, 0.4) is 0 Å². The molecule has 0 spiro atoms. The Morgan fingerprint density at radius 3 is 0.926 bits per heavy atom. The Morgan fingerprint density at radius 2 is 0.574 bits per heavy atom. The predicted molar refractivity (Wildman–Crippen MR) is 293 cm³/mol. The summed E-state index contributed by atoms with van der Waals surface area (Å²) in [5, 5.41) is 0. The quantitative estimate of drug-likeness (QED) is 0.0262. The van der Waals surface area contributed by atoms with Gasteiger partial charge in [-0.1, -0.05) is 214 Å². The van der Waals surface area contributed by atoms with Crippen molar-refractivity contribution in [2.75, 3.05) is 13.2 Å². The molecule has 386 valence electrons. The minimum absolute atomic E-state index is 0.101. The summed E-state index contributed by atoms with van der Waals surface area (Å²) in [7, 11) is 0. The van der Waals surface area contributed by atoms with Crippen molar-refractivity contribution in [3.63, 3.8) is 0 Å². The van der Waals surface area contributed by atoms with Crippen LogP contribution in [0.4, 0.5) is 0 Å². The molecule has 0 N–H and O–H groups in total. The molecule has 0 rings (SSSR count). The third kappa shape index (κ3) is 53.0. The standard InChI is InChI=1S/C62H102O6/c1-4-7-10-13-16-19-22-25-28-30-32-34-37-40-43-46-49-52-55-61(64)67-58-59(57-66-60(63)54-51-48-45-42-39-36-33-27-24-21-18-15-12-9-6-3)68-62(65)56-53-50-47-44-41-38-35-31-29-26-23-20-17-14-11-8-5-2/h8-9,11-12,17-22,26-30,33,39,42,59H,4-7,10,13-16,23-25,31-32,34-38,40-41,43-58H2,1-3H3/b11-8-,12-9-,20-17-,21-18-,22-19-,29-26-,30-28-,33-27-,42-39-. The van der Waals surface area contributed by atoms with Crippen molar-refractivity contribution in [1.29, 1.82) is 0 Å². The van der Waals surface area contributed by atoms with Crippen LogP contribution >= 0.6 is 0 Å². The van der Waals surface area contributed by atoms with E-state index in [0.717, 1.165) is 122 Å². The summed E-state index contributed by atoms with van der Waals surface area (Å²) in [4.78, 5) is 38.1. The van der Waals surface area contributed by atoms with Crippen molar-refractivity contribution in [2.45, 2.75) is 252 Å². The molecule has 0 amide bonds. The third-order valence-corrected chi connectivity index (χ3v) is 11.5. The lowest BCUT2D eigenvalue weighted by Crippen LogP contribution is -2.30. The fraction of sp³-hybridized carbons (Fsp3) is 0.661. The monoisotopic (exact) mass is 943 g/mol. The van der Waals surface area contributed by atoms with E-state index in [-0.39, 0.29) is 31.1 Å². The molecule has 0 aliphatic carbocycles. The molecule has 6 nitrogen and oxygen atoms in total. The van der Waals surface area contributed by atoms with Gasteiger partial charge in [0.15, 0.2) is 6.10 Å². The molecule has 1 atom stereocenters. The summed E-state index contributed by atoms with van der Waals surface area (Å²) >= 11 is 0. The van der Waals surface area contributed by atoms with E-state index in [0.29, 0.717) is 19.3 Å². The Bertz CT molecular complexity index is 1410. The lowest BCUT2D eigenvalue weighted by Gasteiger charge is -2.18. The summed E-state index contributed by atoms with van der Waals surface area (Å²) in [5.41, 5.74) is 0. The van der Waals surface area contributed by atoms with Crippen LogP contribution in [0.15, 0.2) is 109 Å². The van der Waals surface area contributed by atoms with E-state index in [1.165, 1.54) is 83.5 Å². The highest BCUT2D eigenvalue weighted by molar-refractivity contribution is 5.71. The van der Waals surface area contributed by atoms with Gasteiger partial charge in [-0.3, -0.25) is 14.4 Å². The van der Waals surface area contributed by atoms with E-state index in [1.54, 1.807) is 0 Å². The Labute approximate surface area is 419 Å². The molecule has 0 saturated carbocycles. The Kier molecular flexibility index (Phi) is 52.4. The zero-order valence-electron chi connectivity index (χ0n) is 44.1. The van der Waals surface area contributed by atoms with E-state index in [1.807, 2.05) is 0 Å². The molecular weight excluding hydrogens is 841 g/mol. The molecule has 6 heteroatoms. The second-order valence-electron chi connectivity index (χ2n) is 18.1. The highest BCUT2D eigenvalue weighted by Gasteiger charge is 2.19. The first-order valence-corrected chi connectivity index (χ1v) is 27.9. The van der Waals surface area contributed by atoms with Crippen LogP contribution in [-0.2, 0) is 28.6 Å². The highest BCUT2D eigenvalue weighted by Crippen LogP contribution is 2.14. The van der Waals surface area contributed by atoms with E-state index in [9.17, 15) is 14.4 Å². The van der Waals surface area contributed by atoms with Crippen LogP contribution in [0.5, 0.6) is 0 Å². The molecule has 0 saturated heterocycles. The zero-order valence-corrected chi connectivity index (χ0v) is 44.1. The number of carbonyl (C=O) groups is 3. The van der Waals surface area contributed by atoms with E-state index in [2.05, 4.69) is 130 Å². The molecule has 0 fully saturated rings. The molecule has 0 aromatic heterocycles. The average molecular weight is 943 g/mol. The van der Waals surface area contributed by atoms with Crippen LogP contribution in [0, 0.1) is 0 Å². The van der Waals surface area contributed by atoms with Gasteiger partial charge in [0.2, 0.25) is 0 Å². The Hall–Kier alpha value is -3.93. The normalized spacial score (nSPS) is 12.9. The summed E-state index contributed by atoms with van der Waals surface area (Å²) < 4.78 is 16.8. The lowest BCUT2D eigenvalue weighted by atomic mass is 10.1. The first-order valence-electron chi connectivity index (χ1n) is 27.9. The minimum Gasteiger partial charge on any atom is -0.462 e. The summed E-state index contributed by atoms with van der Waals surface area (Å²) in [5.74, 6) is -0.962. The van der Waals surface area contributed by atoms with E-state index >= 15 is 0 Å². The van der Waals surface area contributed by atoms with Crippen LogP contribution in [-0.4, -0.2) is 37.2 Å². The van der Waals surface area contributed by atoms with Crippen LogP contribution in [0.2, 0.25) is 0 Å². The number of hydrogen-bond donors (Lipinski definition) is 0. The fourth-order valence-electron chi connectivity index (χ4n) is 7.36. The van der Waals surface area contributed by atoms with Gasteiger partial charge in [-0.2, -0.15) is 0 Å². The summed E-state index contributed by atoms with van der Waals surface area (Å²) in [6.45, 7) is 6.35. The smallest absolute Gasteiger partial charge is 0.306 e. The second-order valence-corrected chi connectivity index (χ2v) is 18.1. The van der Waals surface area contributed by atoms with Gasteiger partial charge in [-0.05, 0) is 122 Å². The molecule has 0 aliphatic rings. The summed E-state index contributed by atoms with van der Waals surface area (Å²) in [6, 6.07) is 0. The maximum atomic E-state index is 12.8. The van der Waals surface area contributed by atoms with Crippen molar-refractivity contribution in [2.24, 2.45) is 0 Å². The molecule has 0 bridgehead atoms. The number of hydrogen-bond acceptors (Lipinski definition) is 6. The largest absolute Gasteiger partial charge is 0.462 e. The SMILES string of the molecule is CC/C=C\C/C=C\C/C=C\C/C=C\CCCCC(=O)OCC(COC(=O)CCCCCCCCC/C=C\C/C=C\CCCCCC)OC(=O)CCCCCCCCC/C=C\C/C=C\C/C=C\CC. The number of esters is 3. The molecular formula is C62H102O6. The molecule has 1 unspecified atom stereocenters. The number of ether oxygens (including phenoxy) is 3.